The topological polar surface area (TPSA) is 87.1 Å². The molecule has 0 bridgehead atoms. The van der Waals surface area contributed by atoms with Crippen molar-refractivity contribution in [2.75, 3.05) is 26.3 Å². The molecule has 0 aliphatic carbocycles. The molecule has 2 N–H and O–H groups in total. The molecule has 1 fully saturated rings. The lowest BCUT2D eigenvalue weighted by atomic mass is 10.1. The van der Waals surface area contributed by atoms with Crippen molar-refractivity contribution < 1.29 is 24.5 Å². The van der Waals surface area contributed by atoms with E-state index in [-0.39, 0.29) is 19.1 Å². The van der Waals surface area contributed by atoms with Crippen molar-refractivity contribution in [3.05, 3.63) is 0 Å². The molecule has 6 nitrogen and oxygen atoms in total. The van der Waals surface area contributed by atoms with Gasteiger partial charge < -0.3 is 19.8 Å². The van der Waals surface area contributed by atoms with Crippen LogP contribution in [-0.2, 0) is 14.3 Å². The Hall–Kier alpha value is -1.14. The van der Waals surface area contributed by atoms with Crippen molar-refractivity contribution in [3.63, 3.8) is 0 Å². The molecule has 6 heteroatoms. The number of aliphatic hydroxyl groups is 1. The highest BCUT2D eigenvalue weighted by Crippen LogP contribution is 2.09. The van der Waals surface area contributed by atoms with Crippen molar-refractivity contribution in [2.45, 2.75) is 12.5 Å². The Morgan fingerprint density at radius 1 is 1.71 bits per heavy atom. The number of hydrogen-bond acceptors (Lipinski definition) is 4. The van der Waals surface area contributed by atoms with Crippen LogP contribution in [0.15, 0.2) is 0 Å². The molecule has 1 amide bonds. The van der Waals surface area contributed by atoms with Gasteiger partial charge in [-0.05, 0) is 6.92 Å². The number of amides is 1. The van der Waals surface area contributed by atoms with Crippen molar-refractivity contribution in [1.29, 1.82) is 0 Å². The SMILES string of the molecule is CC(O)(CN1CCOCC1=O)C(=O)O. The van der Waals surface area contributed by atoms with E-state index in [0.717, 1.165) is 6.92 Å². The number of carboxylic acids is 1. The smallest absolute Gasteiger partial charge is 0.337 e. The molecule has 1 saturated heterocycles. The zero-order chi connectivity index (χ0) is 10.8. The van der Waals surface area contributed by atoms with Gasteiger partial charge in [0.15, 0.2) is 5.60 Å². The maximum atomic E-state index is 11.2. The van der Waals surface area contributed by atoms with Crippen molar-refractivity contribution in [3.8, 4) is 0 Å². The molecule has 0 aromatic heterocycles. The first-order valence-electron chi connectivity index (χ1n) is 4.25. The van der Waals surface area contributed by atoms with Gasteiger partial charge in [0.2, 0.25) is 5.91 Å². The van der Waals surface area contributed by atoms with Crippen LogP contribution in [0, 0.1) is 0 Å². The molecular weight excluding hydrogens is 190 g/mol. The zero-order valence-electron chi connectivity index (χ0n) is 7.89. The third kappa shape index (κ3) is 2.43. The van der Waals surface area contributed by atoms with E-state index in [0.29, 0.717) is 13.2 Å². The number of hydrogen-bond donors (Lipinski definition) is 2. The summed E-state index contributed by atoms with van der Waals surface area (Å²) in [6.45, 7) is 1.61. The van der Waals surface area contributed by atoms with Crippen LogP contribution in [0.5, 0.6) is 0 Å². The van der Waals surface area contributed by atoms with Gasteiger partial charge in [-0.1, -0.05) is 0 Å². The quantitative estimate of drug-likeness (QED) is 0.594. The molecule has 1 aliphatic heterocycles. The molecule has 1 atom stereocenters. The predicted molar refractivity (Wildman–Crippen MR) is 45.7 cm³/mol. The predicted octanol–water partition coefficient (Wildman–Crippen LogP) is -1.32. The first-order chi connectivity index (χ1) is 6.43. The number of carbonyl (C=O) groups is 2. The molecular formula is C8H13NO5. The van der Waals surface area contributed by atoms with Crippen molar-refractivity contribution in [2.24, 2.45) is 0 Å². The Labute approximate surface area is 81.1 Å². The second-order valence-corrected chi connectivity index (χ2v) is 3.45. The number of nitrogens with zero attached hydrogens (tertiary/aromatic N) is 1. The molecule has 0 spiro atoms. The fourth-order valence-electron chi connectivity index (χ4n) is 1.16. The summed E-state index contributed by atoms with van der Waals surface area (Å²) in [5.74, 6) is -1.63. The second-order valence-electron chi connectivity index (χ2n) is 3.45. The van der Waals surface area contributed by atoms with Gasteiger partial charge in [-0.3, -0.25) is 4.79 Å². The summed E-state index contributed by atoms with van der Waals surface area (Å²) < 4.78 is 4.87. The van der Waals surface area contributed by atoms with Gasteiger partial charge in [0, 0.05) is 6.54 Å². The average molecular weight is 203 g/mol. The van der Waals surface area contributed by atoms with Gasteiger partial charge in [0.05, 0.1) is 13.2 Å². The van der Waals surface area contributed by atoms with Gasteiger partial charge in [-0.25, -0.2) is 4.79 Å². The molecule has 1 aliphatic rings. The standard InChI is InChI=1S/C8H13NO5/c1-8(13,7(11)12)5-9-2-3-14-4-6(9)10/h13H,2-5H2,1H3,(H,11,12). The minimum Gasteiger partial charge on any atom is -0.479 e. The third-order valence-corrected chi connectivity index (χ3v) is 2.04. The number of carboxylic acid groups (broad SMARTS) is 1. The van der Waals surface area contributed by atoms with Gasteiger partial charge in [-0.2, -0.15) is 0 Å². The molecule has 14 heavy (non-hydrogen) atoms. The summed E-state index contributed by atoms with van der Waals surface area (Å²) in [5.41, 5.74) is -1.90. The summed E-state index contributed by atoms with van der Waals surface area (Å²) in [6.07, 6.45) is 0. The van der Waals surface area contributed by atoms with E-state index in [1.54, 1.807) is 0 Å². The number of β-amino-alcohol motifs (C(OH)–C–C–N with tert-alkyl or cyclic N) is 1. The van der Waals surface area contributed by atoms with E-state index in [4.69, 9.17) is 9.84 Å². The van der Waals surface area contributed by atoms with Crippen LogP contribution in [0.25, 0.3) is 0 Å². The van der Waals surface area contributed by atoms with Crippen molar-refractivity contribution in [1.82, 2.24) is 4.90 Å². The lowest BCUT2D eigenvalue weighted by molar-refractivity contribution is -0.163. The van der Waals surface area contributed by atoms with E-state index in [2.05, 4.69) is 0 Å². The normalized spacial score (nSPS) is 21.9. The first-order valence-corrected chi connectivity index (χ1v) is 4.25. The van der Waals surface area contributed by atoms with Crippen LogP contribution in [0.4, 0.5) is 0 Å². The Morgan fingerprint density at radius 2 is 2.36 bits per heavy atom. The van der Waals surface area contributed by atoms with Crippen LogP contribution in [0.2, 0.25) is 0 Å². The summed E-state index contributed by atoms with van der Waals surface area (Å²) in [5, 5.41) is 18.1. The highest BCUT2D eigenvalue weighted by atomic mass is 16.5. The third-order valence-electron chi connectivity index (χ3n) is 2.04. The Bertz CT molecular complexity index is 250. The highest BCUT2D eigenvalue weighted by Gasteiger charge is 2.34. The molecule has 0 saturated carbocycles. The lowest BCUT2D eigenvalue weighted by Crippen LogP contribution is -2.52. The van der Waals surface area contributed by atoms with Crippen LogP contribution in [0.1, 0.15) is 6.92 Å². The van der Waals surface area contributed by atoms with Crippen LogP contribution >= 0.6 is 0 Å². The maximum absolute atomic E-state index is 11.2. The molecule has 1 unspecified atom stereocenters. The molecule has 1 heterocycles. The number of aliphatic carboxylic acids is 1. The van der Waals surface area contributed by atoms with Crippen LogP contribution < -0.4 is 0 Å². The van der Waals surface area contributed by atoms with E-state index >= 15 is 0 Å². The van der Waals surface area contributed by atoms with Crippen LogP contribution in [-0.4, -0.2) is 58.9 Å². The molecule has 0 aromatic carbocycles. The minimum absolute atomic E-state index is 0.0459. The fourth-order valence-corrected chi connectivity index (χ4v) is 1.16. The number of morpholine rings is 1. The Morgan fingerprint density at radius 3 is 2.86 bits per heavy atom. The number of rotatable bonds is 3. The molecule has 0 aromatic rings. The van der Waals surface area contributed by atoms with Gasteiger partial charge in [0.25, 0.3) is 0 Å². The summed E-state index contributed by atoms with van der Waals surface area (Å²) >= 11 is 0. The Balaban J connectivity index is 2.58. The van der Waals surface area contributed by atoms with Crippen molar-refractivity contribution >= 4 is 11.9 Å². The molecule has 80 valence electrons. The monoisotopic (exact) mass is 203 g/mol. The largest absolute Gasteiger partial charge is 0.479 e. The average Bonchev–Trinajstić information content (AvgIpc) is 2.08. The van der Waals surface area contributed by atoms with E-state index in [1.165, 1.54) is 4.90 Å². The number of carbonyl (C=O) groups excluding carboxylic acids is 1. The highest BCUT2D eigenvalue weighted by molar-refractivity contribution is 5.81. The van der Waals surface area contributed by atoms with Crippen LogP contribution in [0.3, 0.4) is 0 Å². The molecule has 1 rings (SSSR count). The van der Waals surface area contributed by atoms with E-state index < -0.39 is 11.6 Å². The first kappa shape index (κ1) is 10.9. The minimum atomic E-state index is -1.90. The molecule has 0 radical (unpaired) electrons. The lowest BCUT2D eigenvalue weighted by Gasteiger charge is -2.31. The second kappa shape index (κ2) is 3.93. The van der Waals surface area contributed by atoms with Gasteiger partial charge in [-0.15, -0.1) is 0 Å². The summed E-state index contributed by atoms with van der Waals surface area (Å²) in [4.78, 5) is 23.1. The fraction of sp³-hybridized carbons (Fsp3) is 0.750. The maximum Gasteiger partial charge on any atom is 0.337 e. The van der Waals surface area contributed by atoms with E-state index in [9.17, 15) is 14.7 Å². The van der Waals surface area contributed by atoms with Gasteiger partial charge >= 0.3 is 5.97 Å². The summed E-state index contributed by atoms with van der Waals surface area (Å²) in [6, 6.07) is 0. The number of ether oxygens (including phenoxy) is 1. The zero-order valence-corrected chi connectivity index (χ0v) is 7.89. The summed E-state index contributed by atoms with van der Waals surface area (Å²) in [7, 11) is 0. The van der Waals surface area contributed by atoms with Gasteiger partial charge in [0.1, 0.15) is 6.61 Å². The Kier molecular flexibility index (Phi) is 3.07. The van der Waals surface area contributed by atoms with E-state index in [1.807, 2.05) is 0 Å².